The Kier molecular flexibility index (Phi) is 14.9. The van der Waals surface area contributed by atoms with E-state index in [1.807, 2.05) is 46.0 Å². The van der Waals surface area contributed by atoms with Crippen LogP contribution >= 0.6 is 11.6 Å². The summed E-state index contributed by atoms with van der Waals surface area (Å²) in [6, 6.07) is 25.0. The van der Waals surface area contributed by atoms with E-state index < -0.39 is 64.6 Å². The number of carbonyl (C=O) groups is 2. The van der Waals surface area contributed by atoms with Crippen LogP contribution < -0.4 is 19.7 Å². The second-order valence-electron chi connectivity index (χ2n) is 17.5. The molecule has 6 aromatic rings. The number of amides is 2. The fourth-order valence-electron chi connectivity index (χ4n) is 7.83. The molecule has 1 aliphatic rings. The SMILES string of the molecule is CN(CCCNc1ccc(S(=O)(=O)NC(=O)c2ccc(N3CCC([C@H](O)c4ccccc4-c4ccc(Cl)cc4)CC3)cc2Oc2cnc3[nH]ccc3c2)cc1S(=O)(=O)C(F)(F)F)C(=O)OC(C)(C)C. The van der Waals surface area contributed by atoms with Crippen LogP contribution in [0.1, 0.15) is 62.1 Å². The molecule has 3 heterocycles. The number of aliphatic hydroxyl groups is 1. The lowest BCUT2D eigenvalue weighted by Crippen LogP contribution is -2.36. The molecule has 0 saturated carbocycles. The number of ether oxygens (including phenoxy) is 2. The first-order valence-electron chi connectivity index (χ1n) is 21.7. The zero-order valence-corrected chi connectivity index (χ0v) is 40.3. The van der Waals surface area contributed by atoms with Gasteiger partial charge in [-0.1, -0.05) is 48.0 Å². The maximum Gasteiger partial charge on any atom is 0.501 e. The number of H-pyrrole nitrogens is 1. The number of anilines is 2. The van der Waals surface area contributed by atoms with Gasteiger partial charge in [-0.05, 0) is 117 Å². The van der Waals surface area contributed by atoms with Gasteiger partial charge in [0.25, 0.3) is 25.8 Å². The Bertz CT molecular complexity index is 3070. The maximum absolute atomic E-state index is 14.0. The molecule has 0 aliphatic carbocycles. The number of sulfonamides is 1. The predicted octanol–water partition coefficient (Wildman–Crippen LogP) is 9.71. The first kappa shape index (κ1) is 50.5. The lowest BCUT2D eigenvalue weighted by molar-refractivity contribution is -0.0436. The van der Waals surface area contributed by atoms with Crippen molar-refractivity contribution in [1.29, 1.82) is 0 Å². The van der Waals surface area contributed by atoms with E-state index >= 15 is 0 Å². The summed E-state index contributed by atoms with van der Waals surface area (Å²) in [5.41, 5.74) is -3.67. The monoisotopic (exact) mass is 1010 g/mol. The van der Waals surface area contributed by atoms with Crippen molar-refractivity contribution >= 4 is 65.9 Å². The van der Waals surface area contributed by atoms with Crippen LogP contribution in [0, 0.1) is 5.92 Å². The summed E-state index contributed by atoms with van der Waals surface area (Å²) < 4.78 is 109. The molecule has 7 rings (SSSR count). The number of halogens is 4. The fraction of sp³-hybridized carbons (Fsp3) is 0.312. The smallest absolute Gasteiger partial charge is 0.455 e. The molecule has 21 heteroatoms. The number of pyridine rings is 1. The number of fused-ring (bicyclic) bond motifs is 1. The second kappa shape index (κ2) is 20.3. The van der Waals surface area contributed by atoms with Gasteiger partial charge in [-0.3, -0.25) is 4.79 Å². The molecule has 0 radical (unpaired) electrons. The molecule has 69 heavy (non-hydrogen) atoms. The van der Waals surface area contributed by atoms with E-state index in [9.17, 15) is 44.7 Å². The number of aliphatic hydroxyl groups excluding tert-OH is 1. The summed E-state index contributed by atoms with van der Waals surface area (Å²) in [7, 11) is -9.73. The number of nitrogens with one attached hydrogen (secondary N) is 3. The molecule has 1 fully saturated rings. The minimum Gasteiger partial charge on any atom is -0.455 e. The molecular weight excluding hydrogens is 961 g/mol. The van der Waals surface area contributed by atoms with Crippen molar-refractivity contribution in [3.8, 4) is 22.6 Å². The van der Waals surface area contributed by atoms with Gasteiger partial charge in [0.2, 0.25) is 0 Å². The van der Waals surface area contributed by atoms with Crippen LogP contribution in [0.25, 0.3) is 22.2 Å². The molecule has 15 nitrogen and oxygen atoms in total. The quantitative estimate of drug-likeness (QED) is 0.0711. The zero-order valence-electron chi connectivity index (χ0n) is 37.9. The Morgan fingerprint density at radius 1 is 0.957 bits per heavy atom. The Morgan fingerprint density at radius 3 is 2.36 bits per heavy atom. The van der Waals surface area contributed by atoms with E-state index in [4.69, 9.17) is 21.1 Å². The first-order chi connectivity index (χ1) is 32.5. The highest BCUT2D eigenvalue weighted by molar-refractivity contribution is 7.92. The topological polar surface area (TPSA) is 200 Å². The van der Waals surface area contributed by atoms with Crippen LogP contribution in [0.2, 0.25) is 5.02 Å². The van der Waals surface area contributed by atoms with Gasteiger partial charge in [0.15, 0.2) is 0 Å². The number of hydrogen-bond acceptors (Lipinski definition) is 12. The number of rotatable bonds is 15. The van der Waals surface area contributed by atoms with Crippen LogP contribution in [-0.4, -0.2) is 93.1 Å². The van der Waals surface area contributed by atoms with Crippen LogP contribution in [0.5, 0.6) is 11.5 Å². The lowest BCUT2D eigenvalue weighted by atomic mass is 9.84. The molecule has 2 amide bonds. The van der Waals surface area contributed by atoms with Gasteiger partial charge in [-0.25, -0.2) is 31.3 Å². The lowest BCUT2D eigenvalue weighted by Gasteiger charge is -2.36. The molecule has 0 spiro atoms. The third-order valence-electron chi connectivity index (χ3n) is 11.4. The van der Waals surface area contributed by atoms with Gasteiger partial charge >= 0.3 is 11.6 Å². The van der Waals surface area contributed by atoms with E-state index in [1.165, 1.54) is 24.2 Å². The third-order valence-corrected chi connectivity index (χ3v) is 14.5. The van der Waals surface area contributed by atoms with Crippen molar-refractivity contribution in [2.75, 3.05) is 43.4 Å². The molecule has 1 atom stereocenters. The number of piperidine rings is 1. The fourth-order valence-corrected chi connectivity index (χ4v) is 9.98. The Balaban J connectivity index is 1.11. The van der Waals surface area contributed by atoms with Crippen molar-refractivity contribution < 1.29 is 54.2 Å². The van der Waals surface area contributed by atoms with Gasteiger partial charge in [0, 0.05) is 61.6 Å². The van der Waals surface area contributed by atoms with E-state index in [1.54, 1.807) is 63.4 Å². The van der Waals surface area contributed by atoms with Crippen LogP contribution in [0.3, 0.4) is 0 Å². The molecular formula is C48H50ClF3N6O9S2. The summed E-state index contributed by atoms with van der Waals surface area (Å²) in [4.78, 5) is 34.5. The van der Waals surface area contributed by atoms with Crippen molar-refractivity contribution in [1.82, 2.24) is 19.6 Å². The Labute approximate surface area is 402 Å². The van der Waals surface area contributed by atoms with Crippen LogP contribution in [0.4, 0.5) is 29.3 Å². The third kappa shape index (κ3) is 11.9. The molecule has 1 aliphatic heterocycles. The van der Waals surface area contributed by atoms with E-state index in [-0.39, 0.29) is 42.5 Å². The number of sulfone groups is 1. The summed E-state index contributed by atoms with van der Waals surface area (Å²) >= 11 is 6.13. The molecule has 1 saturated heterocycles. The summed E-state index contributed by atoms with van der Waals surface area (Å²) in [5.74, 6) is -1.23. The van der Waals surface area contributed by atoms with E-state index in [0.717, 1.165) is 28.8 Å². The van der Waals surface area contributed by atoms with Gasteiger partial charge in [0.05, 0.1) is 28.4 Å². The average molecular weight is 1010 g/mol. The number of nitrogens with zero attached hydrogens (tertiary/aromatic N) is 3. The highest BCUT2D eigenvalue weighted by Gasteiger charge is 2.48. The van der Waals surface area contributed by atoms with Crippen LogP contribution in [-0.2, 0) is 24.6 Å². The second-order valence-corrected chi connectivity index (χ2v) is 21.5. The van der Waals surface area contributed by atoms with E-state index in [0.29, 0.717) is 53.7 Å². The zero-order chi connectivity index (χ0) is 49.9. The van der Waals surface area contributed by atoms with Crippen molar-refractivity contribution in [3.63, 3.8) is 0 Å². The number of hydrogen-bond donors (Lipinski definition) is 4. The van der Waals surface area contributed by atoms with Gasteiger partial charge in [0.1, 0.15) is 27.6 Å². The Hall–Kier alpha value is -6.35. The minimum absolute atomic E-state index is 0.0796. The number of alkyl halides is 3. The van der Waals surface area contributed by atoms with Crippen molar-refractivity contribution in [2.24, 2.45) is 5.92 Å². The normalized spacial score (nSPS) is 14.3. The maximum atomic E-state index is 14.0. The molecule has 0 bridgehead atoms. The van der Waals surface area contributed by atoms with Gasteiger partial charge in [-0.15, -0.1) is 0 Å². The number of aromatic nitrogens is 2. The standard InChI is InChI=1S/C48H50ClF3N6O9S2/c1-47(2,3)67-46(61)57(4)23-7-21-53-40-17-15-36(28-42(40)68(62,63)48(50,51)52)69(64,65)56-45(60)39-16-14-34(27-41(39)66-35-26-32-18-22-54-44(32)55-29-35)58-24-19-31(20-25-58)43(59)38-9-6-5-8-37(38)30-10-12-33(49)13-11-30/h5-6,8-18,22,26-29,31,43,53,59H,7,19-21,23-25H2,1-4H3,(H,54,55)(H,56,60)/t43-/m0/s1. The summed E-state index contributed by atoms with van der Waals surface area (Å²) in [6.07, 6.45) is 2.97. The van der Waals surface area contributed by atoms with Crippen molar-refractivity contribution in [3.05, 3.63) is 126 Å². The Morgan fingerprint density at radius 2 is 1.67 bits per heavy atom. The number of benzene rings is 4. The number of aromatic amines is 1. The predicted molar refractivity (Wildman–Crippen MR) is 256 cm³/mol. The molecule has 4 N–H and O–H groups in total. The highest BCUT2D eigenvalue weighted by Crippen LogP contribution is 2.40. The molecule has 2 aromatic heterocycles. The average Bonchev–Trinajstić information content (AvgIpc) is 3.77. The highest BCUT2D eigenvalue weighted by atomic mass is 35.5. The molecule has 366 valence electrons. The first-order valence-corrected chi connectivity index (χ1v) is 25.1. The van der Waals surface area contributed by atoms with Gasteiger partial charge in [-0.2, -0.15) is 13.2 Å². The van der Waals surface area contributed by atoms with Crippen LogP contribution in [0.15, 0.2) is 119 Å². The largest absolute Gasteiger partial charge is 0.501 e. The van der Waals surface area contributed by atoms with Crippen molar-refractivity contribution in [2.45, 2.75) is 67.0 Å². The minimum atomic E-state index is -6.14. The number of carbonyl (C=O) groups excluding carboxylic acids is 2. The van der Waals surface area contributed by atoms with Gasteiger partial charge < -0.3 is 34.7 Å². The summed E-state index contributed by atoms with van der Waals surface area (Å²) in [6.45, 7) is 5.98. The molecule has 4 aromatic carbocycles. The van der Waals surface area contributed by atoms with E-state index in [2.05, 4.69) is 15.3 Å². The summed E-state index contributed by atoms with van der Waals surface area (Å²) in [5, 5.41) is 15.5. The molecule has 0 unspecified atom stereocenters.